The van der Waals surface area contributed by atoms with Gasteiger partial charge < -0.3 is 4.57 Å². The molecule has 1 aliphatic carbocycles. The molecule has 0 aliphatic heterocycles. The van der Waals surface area contributed by atoms with Gasteiger partial charge in [0.2, 0.25) is 10.0 Å². The summed E-state index contributed by atoms with van der Waals surface area (Å²) in [6.45, 7) is 0.328. The zero-order valence-corrected chi connectivity index (χ0v) is 16.9. The Labute approximate surface area is 164 Å². The number of nitrogens with zero attached hydrogens (tertiary/aromatic N) is 2. The van der Waals surface area contributed by atoms with E-state index in [1.165, 1.54) is 17.5 Å². The Hall–Kier alpha value is -1.96. The van der Waals surface area contributed by atoms with Crippen molar-refractivity contribution in [3.63, 3.8) is 0 Å². The second-order valence-corrected chi connectivity index (χ2v) is 9.63. The smallest absolute Gasteiger partial charge is 0.240 e. The van der Waals surface area contributed by atoms with Gasteiger partial charge in [0.05, 0.1) is 15.5 Å². The van der Waals surface area contributed by atoms with Crippen LogP contribution in [0, 0.1) is 0 Å². The third kappa shape index (κ3) is 4.00. The number of thiophene rings is 1. The molecule has 0 unspecified atom stereocenters. The maximum atomic E-state index is 12.6. The molecule has 27 heavy (non-hydrogen) atoms. The number of nitrogens with one attached hydrogen (secondary N) is 1. The summed E-state index contributed by atoms with van der Waals surface area (Å²) < 4.78 is 30.0. The highest BCUT2D eigenvalue weighted by Crippen LogP contribution is 2.25. The molecule has 0 saturated heterocycles. The van der Waals surface area contributed by atoms with Crippen LogP contribution in [-0.4, -0.2) is 24.5 Å². The minimum Gasteiger partial charge on any atom is -0.337 e. The van der Waals surface area contributed by atoms with Gasteiger partial charge >= 0.3 is 0 Å². The molecular weight excluding hydrogens is 378 g/mol. The normalized spacial score (nSPS) is 14.3. The van der Waals surface area contributed by atoms with Crippen LogP contribution in [0.4, 0.5) is 0 Å². The summed E-state index contributed by atoms with van der Waals surface area (Å²) in [6, 6.07) is 9.57. The van der Waals surface area contributed by atoms with E-state index in [-0.39, 0.29) is 0 Å². The lowest BCUT2D eigenvalue weighted by molar-refractivity contribution is 0.579. The average Bonchev–Trinajstić information content (AvgIpc) is 3.31. The lowest BCUT2D eigenvalue weighted by Crippen LogP contribution is -2.27. The topological polar surface area (TPSA) is 64.0 Å². The van der Waals surface area contributed by atoms with Gasteiger partial charge in [0, 0.05) is 26.2 Å². The first-order chi connectivity index (χ1) is 13.0. The summed E-state index contributed by atoms with van der Waals surface area (Å²) in [6.07, 6.45) is 6.88. The van der Waals surface area contributed by atoms with Crippen LogP contribution in [0.3, 0.4) is 0 Å². The molecule has 142 valence electrons. The highest BCUT2D eigenvalue weighted by atomic mass is 32.2. The molecule has 3 aromatic rings. The van der Waals surface area contributed by atoms with Crippen molar-refractivity contribution in [2.24, 2.45) is 7.05 Å². The summed E-state index contributed by atoms with van der Waals surface area (Å²) in [5.41, 5.74) is 3.39. The summed E-state index contributed by atoms with van der Waals surface area (Å²) in [4.78, 5) is 6.12. The highest BCUT2D eigenvalue weighted by Gasteiger charge is 2.18. The van der Waals surface area contributed by atoms with Crippen molar-refractivity contribution in [3.05, 3.63) is 58.9 Å². The summed E-state index contributed by atoms with van der Waals surface area (Å²) >= 11 is 1.65. The van der Waals surface area contributed by atoms with Crippen molar-refractivity contribution in [2.45, 2.75) is 37.0 Å². The molecular formula is C20H23N3O2S2. The first kappa shape index (κ1) is 18.4. The molecule has 0 bridgehead atoms. The molecule has 1 aliphatic rings. The second-order valence-electron chi connectivity index (χ2n) is 6.92. The largest absolute Gasteiger partial charge is 0.337 e. The van der Waals surface area contributed by atoms with Gasteiger partial charge in [0.1, 0.15) is 5.82 Å². The fraction of sp³-hybridized carbons (Fsp3) is 0.350. The van der Waals surface area contributed by atoms with Crippen LogP contribution in [0.2, 0.25) is 0 Å². The van der Waals surface area contributed by atoms with Crippen LogP contribution in [0.15, 0.2) is 46.8 Å². The van der Waals surface area contributed by atoms with Crippen LogP contribution < -0.4 is 4.72 Å². The van der Waals surface area contributed by atoms with Gasteiger partial charge in [-0.05, 0) is 60.4 Å². The Morgan fingerprint density at radius 3 is 2.78 bits per heavy atom. The molecule has 5 nitrogen and oxygen atoms in total. The monoisotopic (exact) mass is 401 g/mol. The van der Waals surface area contributed by atoms with Crippen molar-refractivity contribution in [2.75, 3.05) is 6.54 Å². The Bertz CT molecular complexity index is 1040. The zero-order chi connectivity index (χ0) is 18.9. The number of fused-ring (bicyclic) bond motifs is 1. The number of hydrogen-bond acceptors (Lipinski definition) is 4. The molecule has 4 rings (SSSR count). The molecule has 7 heteroatoms. The van der Waals surface area contributed by atoms with E-state index in [1.54, 1.807) is 17.4 Å². The van der Waals surface area contributed by atoms with Crippen molar-refractivity contribution in [1.29, 1.82) is 0 Å². The van der Waals surface area contributed by atoms with E-state index < -0.39 is 10.0 Å². The first-order valence-electron chi connectivity index (χ1n) is 9.20. The lowest BCUT2D eigenvalue weighted by atomic mass is 9.92. The quantitative estimate of drug-likeness (QED) is 0.687. The van der Waals surface area contributed by atoms with Crippen molar-refractivity contribution in [1.82, 2.24) is 14.3 Å². The highest BCUT2D eigenvalue weighted by molar-refractivity contribution is 7.89. The van der Waals surface area contributed by atoms with E-state index >= 15 is 0 Å². The second kappa shape index (κ2) is 7.58. The number of aromatic nitrogens is 2. The van der Waals surface area contributed by atoms with Gasteiger partial charge in [0.15, 0.2) is 0 Å². The molecule has 0 saturated carbocycles. The third-order valence-electron chi connectivity index (χ3n) is 5.02. The van der Waals surface area contributed by atoms with Crippen molar-refractivity contribution < 1.29 is 8.42 Å². The van der Waals surface area contributed by atoms with E-state index in [1.807, 2.05) is 47.5 Å². The van der Waals surface area contributed by atoms with Gasteiger partial charge in [-0.25, -0.2) is 18.1 Å². The van der Waals surface area contributed by atoms with Crippen molar-refractivity contribution >= 4 is 21.4 Å². The van der Waals surface area contributed by atoms with Crippen LogP contribution >= 0.6 is 11.3 Å². The van der Waals surface area contributed by atoms with E-state index in [2.05, 4.69) is 9.71 Å². The number of rotatable bonds is 6. The first-order valence-corrected chi connectivity index (χ1v) is 11.6. The molecule has 0 radical (unpaired) electrons. The Morgan fingerprint density at radius 1 is 1.19 bits per heavy atom. The standard InChI is InChI=1S/C20H23N3O2S2/c1-23-14-18(19-7-4-12-26-19)22-20(23)10-11-21-27(24,25)17-9-8-15-5-2-3-6-16(15)13-17/h4,7-9,12-14,21H,2-3,5-6,10-11H2,1H3. The van der Waals surface area contributed by atoms with Gasteiger partial charge in [-0.1, -0.05) is 12.1 Å². The van der Waals surface area contributed by atoms with Crippen molar-refractivity contribution in [3.8, 4) is 10.6 Å². The molecule has 0 spiro atoms. The molecule has 2 aromatic heterocycles. The van der Waals surface area contributed by atoms with E-state index in [9.17, 15) is 8.42 Å². The summed E-state index contributed by atoms with van der Waals surface area (Å²) in [5, 5.41) is 2.02. The molecule has 0 fully saturated rings. The van der Waals surface area contributed by atoms with Crippen LogP contribution in [0.1, 0.15) is 29.8 Å². The molecule has 0 amide bonds. The minimum absolute atomic E-state index is 0.328. The fourth-order valence-electron chi connectivity index (χ4n) is 3.54. The van der Waals surface area contributed by atoms with E-state index in [0.717, 1.165) is 35.7 Å². The summed E-state index contributed by atoms with van der Waals surface area (Å²) in [5.74, 6) is 0.867. The predicted octanol–water partition coefficient (Wildman–Crippen LogP) is 3.55. The average molecular weight is 402 g/mol. The number of benzene rings is 1. The third-order valence-corrected chi connectivity index (χ3v) is 7.37. The molecule has 1 aromatic carbocycles. The Morgan fingerprint density at radius 2 is 2.00 bits per heavy atom. The maximum Gasteiger partial charge on any atom is 0.240 e. The SMILES string of the molecule is Cn1cc(-c2cccs2)nc1CCNS(=O)(=O)c1ccc2c(c1)CCCC2. The van der Waals surface area contributed by atoms with Gasteiger partial charge in [-0.2, -0.15) is 0 Å². The Kier molecular flexibility index (Phi) is 5.16. The van der Waals surface area contributed by atoms with Crippen LogP contribution in [-0.2, 0) is 36.3 Å². The fourth-order valence-corrected chi connectivity index (χ4v) is 5.30. The number of sulfonamides is 1. The predicted molar refractivity (Wildman–Crippen MR) is 108 cm³/mol. The van der Waals surface area contributed by atoms with Gasteiger partial charge in [-0.3, -0.25) is 0 Å². The molecule has 2 heterocycles. The van der Waals surface area contributed by atoms with Crippen LogP contribution in [0.5, 0.6) is 0 Å². The van der Waals surface area contributed by atoms with Gasteiger partial charge in [-0.15, -0.1) is 11.3 Å². The Balaban J connectivity index is 1.43. The summed E-state index contributed by atoms with van der Waals surface area (Å²) in [7, 11) is -1.56. The lowest BCUT2D eigenvalue weighted by Gasteiger charge is -2.16. The zero-order valence-electron chi connectivity index (χ0n) is 15.3. The molecule has 1 N–H and O–H groups in total. The molecule has 0 atom stereocenters. The minimum atomic E-state index is -3.50. The van der Waals surface area contributed by atoms with E-state index in [0.29, 0.717) is 17.9 Å². The number of hydrogen-bond donors (Lipinski definition) is 1. The maximum absolute atomic E-state index is 12.6. The number of imidazole rings is 1. The van der Waals surface area contributed by atoms with Gasteiger partial charge in [0.25, 0.3) is 0 Å². The van der Waals surface area contributed by atoms with E-state index in [4.69, 9.17) is 0 Å². The number of aryl methyl sites for hydroxylation is 3. The van der Waals surface area contributed by atoms with Crippen LogP contribution in [0.25, 0.3) is 10.6 Å².